The van der Waals surface area contributed by atoms with Crippen LogP contribution in [-0.4, -0.2) is 18.0 Å². The lowest BCUT2D eigenvalue weighted by Gasteiger charge is -2.10. The van der Waals surface area contributed by atoms with Gasteiger partial charge < -0.3 is 4.57 Å². The molecule has 0 unspecified atom stereocenters. The molecule has 0 saturated heterocycles. The molecule has 3 aromatic carbocycles. The van der Waals surface area contributed by atoms with E-state index in [1.165, 1.54) is 0 Å². The van der Waals surface area contributed by atoms with E-state index in [0.717, 1.165) is 35.3 Å². The molecule has 0 aliphatic rings. The zero-order chi connectivity index (χ0) is 19.6. The maximum atomic E-state index is 12.5. The molecule has 6 heteroatoms. The summed E-state index contributed by atoms with van der Waals surface area (Å²) in [7, 11) is -1.56. The summed E-state index contributed by atoms with van der Waals surface area (Å²) in [4.78, 5) is 4.95. The van der Waals surface area contributed by atoms with E-state index in [4.69, 9.17) is 4.98 Å². The fraction of sp³-hybridized carbons (Fsp3) is 0.136. The van der Waals surface area contributed by atoms with Crippen molar-refractivity contribution >= 4 is 26.7 Å². The molecule has 0 amide bonds. The minimum absolute atomic E-state index is 0.250. The van der Waals surface area contributed by atoms with Gasteiger partial charge in [0.25, 0.3) is 10.0 Å². The summed E-state index contributed by atoms with van der Waals surface area (Å²) in [5.41, 5.74) is 3.72. The van der Waals surface area contributed by atoms with E-state index < -0.39 is 10.0 Å². The molecule has 142 valence electrons. The summed E-state index contributed by atoms with van der Waals surface area (Å²) in [6.07, 6.45) is 1.55. The lowest BCUT2D eigenvalue weighted by atomic mass is 10.1. The first-order chi connectivity index (χ1) is 13.5. The molecule has 28 heavy (non-hydrogen) atoms. The highest BCUT2D eigenvalue weighted by Gasteiger charge is 2.13. The van der Waals surface area contributed by atoms with Crippen molar-refractivity contribution in [1.29, 1.82) is 0 Å². The first kappa shape index (κ1) is 18.3. The third kappa shape index (κ3) is 3.77. The van der Waals surface area contributed by atoms with Crippen LogP contribution in [0.1, 0.15) is 11.4 Å². The first-order valence-electron chi connectivity index (χ1n) is 9.10. The SMILES string of the molecule is Cn1c(CCc2cccc(NS(=O)(=O)c3ccccc3)c2)nc2ccccc21. The summed E-state index contributed by atoms with van der Waals surface area (Å²) in [6, 6.07) is 24.0. The van der Waals surface area contributed by atoms with Crippen LogP contribution in [0.3, 0.4) is 0 Å². The van der Waals surface area contributed by atoms with E-state index in [2.05, 4.69) is 15.4 Å². The van der Waals surface area contributed by atoms with Crippen molar-refractivity contribution in [3.63, 3.8) is 0 Å². The Kier molecular flexibility index (Phi) is 4.88. The van der Waals surface area contributed by atoms with Gasteiger partial charge in [-0.2, -0.15) is 0 Å². The van der Waals surface area contributed by atoms with Crippen molar-refractivity contribution in [1.82, 2.24) is 9.55 Å². The van der Waals surface area contributed by atoms with Gasteiger partial charge >= 0.3 is 0 Å². The fourth-order valence-corrected chi connectivity index (χ4v) is 4.35. The van der Waals surface area contributed by atoms with Crippen LogP contribution in [0.4, 0.5) is 5.69 Å². The maximum absolute atomic E-state index is 12.5. The van der Waals surface area contributed by atoms with Gasteiger partial charge in [0.1, 0.15) is 5.82 Å². The average Bonchev–Trinajstić information content (AvgIpc) is 3.03. The Morgan fingerprint density at radius 1 is 0.893 bits per heavy atom. The minimum atomic E-state index is -3.59. The number of hydrogen-bond donors (Lipinski definition) is 1. The molecule has 0 aliphatic heterocycles. The van der Waals surface area contributed by atoms with Gasteiger partial charge in [-0.25, -0.2) is 13.4 Å². The summed E-state index contributed by atoms with van der Waals surface area (Å²) in [5, 5.41) is 0. The van der Waals surface area contributed by atoms with Crippen molar-refractivity contribution in [2.45, 2.75) is 17.7 Å². The normalized spacial score (nSPS) is 11.6. The van der Waals surface area contributed by atoms with Gasteiger partial charge in [0, 0.05) is 19.2 Å². The molecule has 0 fully saturated rings. The molecule has 0 atom stereocenters. The number of fused-ring (bicyclic) bond motifs is 1. The minimum Gasteiger partial charge on any atom is -0.331 e. The van der Waals surface area contributed by atoms with Crippen LogP contribution in [0.2, 0.25) is 0 Å². The number of para-hydroxylation sites is 2. The second-order valence-electron chi connectivity index (χ2n) is 6.69. The molecular weight excluding hydrogens is 370 g/mol. The van der Waals surface area contributed by atoms with E-state index in [0.29, 0.717) is 5.69 Å². The van der Waals surface area contributed by atoms with Crippen molar-refractivity contribution in [3.8, 4) is 0 Å². The second kappa shape index (κ2) is 7.48. The quantitative estimate of drug-likeness (QED) is 0.537. The Bertz CT molecular complexity index is 1220. The van der Waals surface area contributed by atoms with Crippen LogP contribution >= 0.6 is 0 Å². The lowest BCUT2D eigenvalue weighted by Crippen LogP contribution is -2.13. The predicted octanol–water partition coefficient (Wildman–Crippen LogP) is 4.16. The van der Waals surface area contributed by atoms with Gasteiger partial charge in [-0.05, 0) is 48.4 Å². The average molecular weight is 391 g/mol. The number of sulfonamides is 1. The zero-order valence-corrected chi connectivity index (χ0v) is 16.4. The van der Waals surface area contributed by atoms with Gasteiger partial charge in [-0.3, -0.25) is 4.72 Å². The van der Waals surface area contributed by atoms with E-state index in [1.807, 2.05) is 43.4 Å². The Balaban J connectivity index is 1.50. The highest BCUT2D eigenvalue weighted by molar-refractivity contribution is 7.92. The Labute approximate surface area is 164 Å². The molecule has 0 bridgehead atoms. The molecule has 1 aromatic heterocycles. The number of imidazole rings is 1. The fourth-order valence-electron chi connectivity index (χ4n) is 3.28. The van der Waals surface area contributed by atoms with Crippen molar-refractivity contribution in [2.24, 2.45) is 7.05 Å². The molecule has 0 radical (unpaired) electrons. The van der Waals surface area contributed by atoms with E-state index >= 15 is 0 Å². The third-order valence-electron chi connectivity index (χ3n) is 4.75. The number of nitrogens with one attached hydrogen (secondary N) is 1. The van der Waals surface area contributed by atoms with Crippen molar-refractivity contribution in [3.05, 3.63) is 90.3 Å². The molecule has 0 spiro atoms. The van der Waals surface area contributed by atoms with Gasteiger partial charge in [0.2, 0.25) is 0 Å². The molecular formula is C22H21N3O2S. The zero-order valence-electron chi connectivity index (χ0n) is 15.5. The maximum Gasteiger partial charge on any atom is 0.261 e. The first-order valence-corrected chi connectivity index (χ1v) is 10.6. The summed E-state index contributed by atoms with van der Waals surface area (Å²) < 4.78 is 29.8. The van der Waals surface area contributed by atoms with Crippen LogP contribution in [0, 0.1) is 0 Å². The highest BCUT2D eigenvalue weighted by Crippen LogP contribution is 2.19. The van der Waals surface area contributed by atoms with Crippen LogP contribution in [0.25, 0.3) is 11.0 Å². The van der Waals surface area contributed by atoms with Crippen LogP contribution in [0.5, 0.6) is 0 Å². The number of aromatic nitrogens is 2. The number of nitrogens with zero attached hydrogens (tertiary/aromatic N) is 2. The van der Waals surface area contributed by atoms with Gasteiger partial charge in [0.05, 0.1) is 15.9 Å². The number of aryl methyl sites for hydroxylation is 3. The number of anilines is 1. The summed E-state index contributed by atoms with van der Waals surface area (Å²) >= 11 is 0. The largest absolute Gasteiger partial charge is 0.331 e. The van der Waals surface area contributed by atoms with Crippen molar-refractivity contribution in [2.75, 3.05) is 4.72 Å². The van der Waals surface area contributed by atoms with Crippen LogP contribution in [0.15, 0.2) is 83.8 Å². The van der Waals surface area contributed by atoms with Crippen molar-refractivity contribution < 1.29 is 8.42 Å². The standard InChI is InChI=1S/C22H21N3O2S/c1-25-21-13-6-5-12-20(21)23-22(25)15-14-17-8-7-9-18(16-17)24-28(26,27)19-10-3-2-4-11-19/h2-13,16,24H,14-15H2,1H3. The monoisotopic (exact) mass is 391 g/mol. The molecule has 5 nitrogen and oxygen atoms in total. The third-order valence-corrected chi connectivity index (χ3v) is 6.15. The number of benzene rings is 3. The predicted molar refractivity (Wildman–Crippen MR) is 112 cm³/mol. The van der Waals surface area contributed by atoms with Gasteiger partial charge in [0.15, 0.2) is 0 Å². The molecule has 1 N–H and O–H groups in total. The highest BCUT2D eigenvalue weighted by atomic mass is 32.2. The topological polar surface area (TPSA) is 64.0 Å². The van der Waals surface area contributed by atoms with Crippen LogP contribution in [-0.2, 0) is 29.9 Å². The molecule has 1 heterocycles. The van der Waals surface area contributed by atoms with E-state index in [1.54, 1.807) is 36.4 Å². The Morgan fingerprint density at radius 3 is 2.43 bits per heavy atom. The number of rotatable bonds is 6. The van der Waals surface area contributed by atoms with Gasteiger partial charge in [-0.1, -0.05) is 42.5 Å². The van der Waals surface area contributed by atoms with E-state index in [9.17, 15) is 8.42 Å². The Morgan fingerprint density at radius 2 is 1.64 bits per heavy atom. The molecule has 0 aliphatic carbocycles. The summed E-state index contributed by atoms with van der Waals surface area (Å²) in [5.74, 6) is 1.01. The molecule has 4 rings (SSSR count). The Hall–Kier alpha value is -3.12. The summed E-state index contributed by atoms with van der Waals surface area (Å²) in [6.45, 7) is 0. The van der Waals surface area contributed by atoms with Gasteiger partial charge in [-0.15, -0.1) is 0 Å². The molecule has 4 aromatic rings. The number of hydrogen-bond acceptors (Lipinski definition) is 3. The van der Waals surface area contributed by atoms with Crippen LogP contribution < -0.4 is 4.72 Å². The second-order valence-corrected chi connectivity index (χ2v) is 8.38. The van der Waals surface area contributed by atoms with E-state index in [-0.39, 0.29) is 4.90 Å². The molecule has 0 saturated carbocycles. The lowest BCUT2D eigenvalue weighted by molar-refractivity contribution is 0.601. The smallest absolute Gasteiger partial charge is 0.261 e.